The first-order valence-electron chi connectivity index (χ1n) is 7.57. The van der Waals surface area contributed by atoms with Crippen molar-refractivity contribution in [2.24, 2.45) is 0 Å². The summed E-state index contributed by atoms with van der Waals surface area (Å²) >= 11 is 6.06. The normalized spacial score (nSPS) is 10.4. The van der Waals surface area contributed by atoms with E-state index >= 15 is 0 Å². The number of hydrogen-bond acceptors (Lipinski definition) is 3. The topological polar surface area (TPSA) is 54.0 Å². The molecule has 0 saturated heterocycles. The van der Waals surface area contributed by atoms with Gasteiger partial charge in [-0.2, -0.15) is 0 Å². The Hall–Kier alpha value is -2.92. The highest BCUT2D eigenvalue weighted by molar-refractivity contribution is 6.31. The van der Waals surface area contributed by atoms with Crippen LogP contribution in [0.1, 0.15) is 15.9 Å². The van der Waals surface area contributed by atoms with Gasteiger partial charge in [0.25, 0.3) is 5.91 Å². The van der Waals surface area contributed by atoms with Crippen LogP contribution in [0.2, 0.25) is 5.02 Å². The molecule has 0 bridgehead atoms. The smallest absolute Gasteiger partial charge is 0.257 e. The van der Waals surface area contributed by atoms with E-state index in [1.165, 1.54) is 18.3 Å². The molecule has 6 heteroatoms. The largest absolute Gasteiger partial charge is 0.340 e. The van der Waals surface area contributed by atoms with Crippen LogP contribution in [0.5, 0.6) is 0 Å². The van der Waals surface area contributed by atoms with Crippen LogP contribution in [-0.2, 0) is 0 Å². The van der Waals surface area contributed by atoms with Gasteiger partial charge in [0.15, 0.2) is 0 Å². The molecule has 0 unspecified atom stereocenters. The second kappa shape index (κ2) is 7.32. The molecule has 0 saturated carbocycles. The van der Waals surface area contributed by atoms with E-state index < -0.39 is 0 Å². The summed E-state index contributed by atoms with van der Waals surface area (Å²) in [6.07, 6.45) is 1.47. The van der Waals surface area contributed by atoms with E-state index in [1.807, 2.05) is 13.0 Å². The Morgan fingerprint density at radius 1 is 1.04 bits per heavy atom. The fourth-order valence-electron chi connectivity index (χ4n) is 2.16. The number of carbonyl (C=O) groups is 1. The summed E-state index contributed by atoms with van der Waals surface area (Å²) < 4.78 is 12.9. The molecule has 2 aromatic carbocycles. The molecule has 2 N–H and O–H groups in total. The van der Waals surface area contributed by atoms with Crippen LogP contribution in [0.4, 0.5) is 21.6 Å². The van der Waals surface area contributed by atoms with E-state index in [9.17, 15) is 9.18 Å². The van der Waals surface area contributed by atoms with E-state index in [4.69, 9.17) is 11.6 Å². The number of rotatable bonds is 4. The molecule has 0 aliphatic carbocycles. The van der Waals surface area contributed by atoms with Gasteiger partial charge < -0.3 is 10.6 Å². The third-order valence-electron chi connectivity index (χ3n) is 3.57. The monoisotopic (exact) mass is 355 g/mol. The number of amides is 1. The van der Waals surface area contributed by atoms with Crippen molar-refractivity contribution in [3.63, 3.8) is 0 Å². The van der Waals surface area contributed by atoms with Gasteiger partial charge in [-0.25, -0.2) is 9.37 Å². The first-order chi connectivity index (χ1) is 12.0. The Morgan fingerprint density at radius 3 is 2.40 bits per heavy atom. The first-order valence-corrected chi connectivity index (χ1v) is 7.95. The molecular weight excluding hydrogens is 341 g/mol. The van der Waals surface area contributed by atoms with Crippen molar-refractivity contribution < 1.29 is 9.18 Å². The van der Waals surface area contributed by atoms with Gasteiger partial charge in [-0.15, -0.1) is 0 Å². The van der Waals surface area contributed by atoms with Gasteiger partial charge in [-0.05, 0) is 61.0 Å². The number of carbonyl (C=O) groups excluding carboxylic acids is 1. The lowest BCUT2D eigenvalue weighted by atomic mass is 10.2. The maximum Gasteiger partial charge on any atom is 0.257 e. The lowest BCUT2D eigenvalue weighted by Crippen LogP contribution is -2.12. The quantitative estimate of drug-likeness (QED) is 0.678. The Kier molecular flexibility index (Phi) is 4.95. The van der Waals surface area contributed by atoms with E-state index in [2.05, 4.69) is 15.6 Å². The van der Waals surface area contributed by atoms with Crippen molar-refractivity contribution in [1.29, 1.82) is 0 Å². The van der Waals surface area contributed by atoms with Crippen LogP contribution < -0.4 is 10.6 Å². The molecule has 0 fully saturated rings. The van der Waals surface area contributed by atoms with Gasteiger partial charge in [-0.3, -0.25) is 4.79 Å². The zero-order chi connectivity index (χ0) is 17.8. The summed E-state index contributed by atoms with van der Waals surface area (Å²) in [6.45, 7) is 1.89. The third-order valence-corrected chi connectivity index (χ3v) is 3.98. The third kappa shape index (κ3) is 4.33. The first kappa shape index (κ1) is 16.9. The average molecular weight is 356 g/mol. The lowest BCUT2D eigenvalue weighted by molar-refractivity contribution is 0.102. The summed E-state index contributed by atoms with van der Waals surface area (Å²) in [4.78, 5) is 16.5. The Morgan fingerprint density at radius 2 is 1.76 bits per heavy atom. The second-order valence-electron chi connectivity index (χ2n) is 5.48. The molecule has 1 amide bonds. The number of aromatic nitrogens is 1. The Balaban J connectivity index is 1.67. The van der Waals surface area contributed by atoms with Gasteiger partial charge in [0.1, 0.15) is 11.6 Å². The van der Waals surface area contributed by atoms with Gasteiger partial charge >= 0.3 is 0 Å². The molecule has 3 aromatic rings. The molecule has 25 heavy (non-hydrogen) atoms. The summed E-state index contributed by atoms with van der Waals surface area (Å²) in [7, 11) is 0. The van der Waals surface area contributed by atoms with Crippen molar-refractivity contribution in [3.05, 3.63) is 82.8 Å². The van der Waals surface area contributed by atoms with Crippen LogP contribution in [0.25, 0.3) is 0 Å². The summed E-state index contributed by atoms with van der Waals surface area (Å²) in [5.41, 5.74) is 2.69. The molecule has 0 aliphatic rings. The number of benzene rings is 2. The van der Waals surface area contributed by atoms with E-state index in [-0.39, 0.29) is 11.7 Å². The molecule has 0 spiro atoms. The van der Waals surface area contributed by atoms with E-state index in [1.54, 1.807) is 36.4 Å². The summed E-state index contributed by atoms with van der Waals surface area (Å²) in [5.74, 6) is -0.0240. The van der Waals surface area contributed by atoms with Crippen molar-refractivity contribution >= 4 is 34.7 Å². The fourth-order valence-corrected chi connectivity index (χ4v) is 2.34. The van der Waals surface area contributed by atoms with Crippen LogP contribution in [0.15, 0.2) is 60.8 Å². The molecule has 1 aromatic heterocycles. The second-order valence-corrected chi connectivity index (χ2v) is 5.89. The van der Waals surface area contributed by atoms with Crippen molar-refractivity contribution in [3.8, 4) is 0 Å². The van der Waals surface area contributed by atoms with Crippen LogP contribution in [0, 0.1) is 12.7 Å². The number of hydrogen-bond donors (Lipinski definition) is 2. The number of pyridine rings is 1. The number of nitrogens with one attached hydrogen (secondary N) is 2. The number of nitrogens with zero attached hydrogens (tertiary/aromatic N) is 1. The minimum Gasteiger partial charge on any atom is -0.340 e. The fraction of sp³-hybridized carbons (Fsp3) is 0.0526. The van der Waals surface area contributed by atoms with Gasteiger partial charge in [-0.1, -0.05) is 17.7 Å². The summed E-state index contributed by atoms with van der Waals surface area (Å²) in [6, 6.07) is 14.6. The highest BCUT2D eigenvalue weighted by Gasteiger charge is 2.08. The molecular formula is C19H15ClFN3O. The molecule has 0 aliphatic heterocycles. The molecule has 0 atom stereocenters. The lowest BCUT2D eigenvalue weighted by Gasteiger charge is -2.08. The van der Waals surface area contributed by atoms with Gasteiger partial charge in [0, 0.05) is 22.6 Å². The minimum atomic E-state index is -0.304. The van der Waals surface area contributed by atoms with Crippen LogP contribution in [-0.4, -0.2) is 10.9 Å². The Bertz CT molecular complexity index is 896. The highest BCUT2D eigenvalue weighted by atomic mass is 35.5. The number of anilines is 3. The zero-order valence-electron chi connectivity index (χ0n) is 13.4. The predicted molar refractivity (Wildman–Crippen MR) is 98.1 cm³/mol. The Labute approximate surface area is 149 Å². The van der Waals surface area contributed by atoms with Crippen molar-refractivity contribution in [2.75, 3.05) is 10.6 Å². The standard InChI is InChI=1S/C19H15ClFN3O/c1-12-2-6-16(10-17(12)20)24-19(25)13-3-9-18(22-11-13)23-15-7-4-14(21)5-8-15/h2-11H,1H3,(H,22,23)(H,24,25). The predicted octanol–water partition coefficient (Wildman–Crippen LogP) is 5.18. The summed E-state index contributed by atoms with van der Waals surface area (Å²) in [5, 5.41) is 6.40. The zero-order valence-corrected chi connectivity index (χ0v) is 14.1. The minimum absolute atomic E-state index is 0.277. The maximum atomic E-state index is 12.9. The van der Waals surface area contributed by atoms with Gasteiger partial charge in [0.2, 0.25) is 0 Å². The number of halogens is 2. The molecule has 1 heterocycles. The molecule has 4 nitrogen and oxygen atoms in total. The number of aryl methyl sites for hydroxylation is 1. The molecule has 3 rings (SSSR count). The highest BCUT2D eigenvalue weighted by Crippen LogP contribution is 2.21. The van der Waals surface area contributed by atoms with Crippen molar-refractivity contribution in [1.82, 2.24) is 4.98 Å². The van der Waals surface area contributed by atoms with Crippen LogP contribution in [0.3, 0.4) is 0 Å². The SMILES string of the molecule is Cc1ccc(NC(=O)c2ccc(Nc3ccc(F)cc3)nc2)cc1Cl. The molecule has 126 valence electrons. The van der Waals surface area contributed by atoms with Crippen LogP contribution >= 0.6 is 11.6 Å². The van der Waals surface area contributed by atoms with E-state index in [0.29, 0.717) is 27.8 Å². The van der Waals surface area contributed by atoms with E-state index in [0.717, 1.165) is 5.56 Å². The van der Waals surface area contributed by atoms with Crippen molar-refractivity contribution in [2.45, 2.75) is 6.92 Å². The average Bonchev–Trinajstić information content (AvgIpc) is 2.61. The maximum absolute atomic E-state index is 12.9. The molecule has 0 radical (unpaired) electrons. The van der Waals surface area contributed by atoms with Gasteiger partial charge in [0.05, 0.1) is 5.56 Å².